The van der Waals surface area contributed by atoms with Crippen molar-refractivity contribution in [3.63, 3.8) is 0 Å². The minimum atomic E-state index is -0.414. The highest BCUT2D eigenvalue weighted by molar-refractivity contribution is 4.85. The minimum Gasteiger partial charge on any atom is -0.393 e. The molecule has 0 bridgehead atoms. The summed E-state index contributed by atoms with van der Waals surface area (Å²) >= 11 is 0. The summed E-state index contributed by atoms with van der Waals surface area (Å²) in [6.07, 6.45) is 15.1. The SMILES string of the molecule is OC(CC(O)C1CCC(C(O)CC(O)C2CCCCC2)CC1)C1CCCCC1. The predicted molar refractivity (Wildman–Crippen MR) is 112 cm³/mol. The molecule has 3 fully saturated rings. The average Bonchev–Trinajstić information content (AvgIpc) is 2.75. The standard InChI is InChI=1S/C24H44O4/c25-21(17-7-3-1-4-8-17)15-23(27)19-11-13-20(14-12-19)24(28)16-22(26)18-9-5-2-6-10-18/h17-28H,1-16H2. The van der Waals surface area contributed by atoms with Gasteiger partial charge in [-0.05, 0) is 87.9 Å². The van der Waals surface area contributed by atoms with Crippen LogP contribution in [0.2, 0.25) is 0 Å². The topological polar surface area (TPSA) is 80.9 Å². The highest BCUT2D eigenvalue weighted by Gasteiger charge is 2.34. The van der Waals surface area contributed by atoms with Crippen LogP contribution in [-0.4, -0.2) is 44.8 Å². The van der Waals surface area contributed by atoms with Gasteiger partial charge >= 0.3 is 0 Å². The van der Waals surface area contributed by atoms with E-state index >= 15 is 0 Å². The summed E-state index contributed by atoms with van der Waals surface area (Å²) < 4.78 is 0. The molecule has 0 heterocycles. The van der Waals surface area contributed by atoms with Crippen LogP contribution in [0.15, 0.2) is 0 Å². The maximum atomic E-state index is 10.7. The third-order valence-corrected chi connectivity index (χ3v) is 8.26. The van der Waals surface area contributed by atoms with Gasteiger partial charge in [0.05, 0.1) is 24.4 Å². The first-order chi connectivity index (χ1) is 13.5. The smallest absolute Gasteiger partial charge is 0.0593 e. The first kappa shape index (κ1) is 22.5. The Labute approximate surface area is 171 Å². The van der Waals surface area contributed by atoms with Gasteiger partial charge in [0, 0.05) is 0 Å². The van der Waals surface area contributed by atoms with Gasteiger partial charge in [0.2, 0.25) is 0 Å². The van der Waals surface area contributed by atoms with Crippen LogP contribution in [0.5, 0.6) is 0 Å². The van der Waals surface area contributed by atoms with E-state index in [4.69, 9.17) is 0 Å². The third-order valence-electron chi connectivity index (χ3n) is 8.26. The van der Waals surface area contributed by atoms with Crippen LogP contribution in [0, 0.1) is 23.7 Å². The zero-order valence-corrected chi connectivity index (χ0v) is 17.7. The first-order valence-electron chi connectivity index (χ1n) is 12.3. The molecule has 4 nitrogen and oxygen atoms in total. The zero-order valence-electron chi connectivity index (χ0n) is 17.7. The lowest BCUT2D eigenvalue weighted by Gasteiger charge is -2.36. The van der Waals surface area contributed by atoms with Crippen molar-refractivity contribution >= 4 is 0 Å². The van der Waals surface area contributed by atoms with E-state index in [1.54, 1.807) is 0 Å². The number of hydrogen-bond acceptors (Lipinski definition) is 4. The lowest BCUT2D eigenvalue weighted by atomic mass is 9.73. The molecule has 0 aromatic heterocycles. The second kappa shape index (κ2) is 11.3. The maximum Gasteiger partial charge on any atom is 0.0593 e. The molecule has 0 aliphatic heterocycles. The molecule has 0 aromatic carbocycles. The predicted octanol–water partition coefficient (Wildman–Crippen LogP) is 4.18. The summed E-state index contributed by atoms with van der Waals surface area (Å²) in [5, 5.41) is 42.3. The average molecular weight is 397 g/mol. The van der Waals surface area contributed by atoms with E-state index in [2.05, 4.69) is 0 Å². The molecule has 3 saturated carbocycles. The Hall–Kier alpha value is -0.160. The Morgan fingerprint density at radius 1 is 0.393 bits per heavy atom. The Morgan fingerprint density at radius 3 is 0.929 bits per heavy atom. The van der Waals surface area contributed by atoms with E-state index < -0.39 is 12.2 Å². The van der Waals surface area contributed by atoms with Crippen LogP contribution in [0.4, 0.5) is 0 Å². The second-order valence-corrected chi connectivity index (χ2v) is 10.2. The molecule has 0 aromatic rings. The van der Waals surface area contributed by atoms with Crippen molar-refractivity contribution in [3.05, 3.63) is 0 Å². The number of aliphatic hydroxyl groups is 4. The molecule has 4 unspecified atom stereocenters. The van der Waals surface area contributed by atoms with Crippen LogP contribution >= 0.6 is 0 Å². The fourth-order valence-electron chi connectivity index (χ4n) is 6.22. The molecular weight excluding hydrogens is 352 g/mol. The number of hydrogen-bond donors (Lipinski definition) is 4. The molecule has 3 aliphatic carbocycles. The zero-order chi connectivity index (χ0) is 19.9. The number of aliphatic hydroxyl groups excluding tert-OH is 4. The van der Waals surface area contributed by atoms with E-state index in [9.17, 15) is 20.4 Å². The van der Waals surface area contributed by atoms with Gasteiger partial charge < -0.3 is 20.4 Å². The van der Waals surface area contributed by atoms with Gasteiger partial charge in [-0.15, -0.1) is 0 Å². The summed E-state index contributed by atoms with van der Waals surface area (Å²) in [5.74, 6) is 1.26. The van der Waals surface area contributed by atoms with Crippen LogP contribution in [0.25, 0.3) is 0 Å². The van der Waals surface area contributed by atoms with E-state index in [0.29, 0.717) is 24.7 Å². The monoisotopic (exact) mass is 396 g/mol. The minimum absolute atomic E-state index is 0.255. The molecule has 164 valence electrons. The lowest BCUT2D eigenvalue weighted by Crippen LogP contribution is -2.36. The highest BCUT2D eigenvalue weighted by Crippen LogP contribution is 2.37. The van der Waals surface area contributed by atoms with Gasteiger partial charge in [-0.1, -0.05) is 38.5 Å². The van der Waals surface area contributed by atoms with E-state index in [1.807, 2.05) is 0 Å². The van der Waals surface area contributed by atoms with Crippen LogP contribution in [0.3, 0.4) is 0 Å². The molecule has 4 heteroatoms. The molecule has 4 atom stereocenters. The summed E-state index contributed by atoms with van der Waals surface area (Å²) in [5.41, 5.74) is 0. The Morgan fingerprint density at radius 2 is 0.643 bits per heavy atom. The van der Waals surface area contributed by atoms with Crippen molar-refractivity contribution in [2.45, 2.75) is 127 Å². The Balaban J connectivity index is 1.36. The Bertz CT molecular complexity index is 382. The van der Waals surface area contributed by atoms with Gasteiger partial charge in [-0.3, -0.25) is 0 Å². The van der Waals surface area contributed by atoms with E-state index in [0.717, 1.165) is 51.4 Å². The van der Waals surface area contributed by atoms with Crippen molar-refractivity contribution in [1.29, 1.82) is 0 Å². The summed E-state index contributed by atoms with van der Waals surface area (Å²) in [7, 11) is 0. The summed E-state index contributed by atoms with van der Waals surface area (Å²) in [6.45, 7) is 0. The molecule has 0 amide bonds. The van der Waals surface area contributed by atoms with Crippen LogP contribution in [-0.2, 0) is 0 Å². The Kier molecular flexibility index (Phi) is 9.08. The van der Waals surface area contributed by atoms with Crippen molar-refractivity contribution in [2.75, 3.05) is 0 Å². The molecule has 0 spiro atoms. The maximum absolute atomic E-state index is 10.7. The molecule has 3 aliphatic rings. The highest BCUT2D eigenvalue weighted by atomic mass is 16.3. The fraction of sp³-hybridized carbons (Fsp3) is 1.00. The molecule has 4 N–H and O–H groups in total. The normalized spacial score (nSPS) is 32.6. The summed E-state index contributed by atoms with van der Waals surface area (Å²) in [4.78, 5) is 0. The van der Waals surface area contributed by atoms with Crippen LogP contribution in [0.1, 0.15) is 103 Å². The van der Waals surface area contributed by atoms with Crippen LogP contribution < -0.4 is 0 Å². The molecular formula is C24H44O4. The lowest BCUT2D eigenvalue weighted by molar-refractivity contribution is -0.0257. The largest absolute Gasteiger partial charge is 0.393 e. The summed E-state index contributed by atoms with van der Waals surface area (Å²) in [6, 6.07) is 0. The molecule has 0 radical (unpaired) electrons. The molecule has 28 heavy (non-hydrogen) atoms. The van der Waals surface area contributed by atoms with Gasteiger partial charge in [0.1, 0.15) is 0 Å². The van der Waals surface area contributed by atoms with E-state index in [-0.39, 0.29) is 24.0 Å². The van der Waals surface area contributed by atoms with Gasteiger partial charge in [-0.25, -0.2) is 0 Å². The van der Waals surface area contributed by atoms with Crippen molar-refractivity contribution < 1.29 is 20.4 Å². The van der Waals surface area contributed by atoms with Gasteiger partial charge in [0.15, 0.2) is 0 Å². The van der Waals surface area contributed by atoms with Gasteiger partial charge in [-0.2, -0.15) is 0 Å². The third kappa shape index (κ3) is 6.42. The molecule has 3 rings (SSSR count). The van der Waals surface area contributed by atoms with E-state index in [1.165, 1.54) is 38.5 Å². The van der Waals surface area contributed by atoms with Gasteiger partial charge in [0.25, 0.3) is 0 Å². The van der Waals surface area contributed by atoms with Crippen molar-refractivity contribution in [1.82, 2.24) is 0 Å². The first-order valence-corrected chi connectivity index (χ1v) is 12.3. The quantitative estimate of drug-likeness (QED) is 0.496. The second-order valence-electron chi connectivity index (χ2n) is 10.2. The van der Waals surface area contributed by atoms with Crippen molar-refractivity contribution in [2.24, 2.45) is 23.7 Å². The molecule has 0 saturated heterocycles. The fourth-order valence-corrected chi connectivity index (χ4v) is 6.22. The number of rotatable bonds is 8. The van der Waals surface area contributed by atoms with Crippen molar-refractivity contribution in [3.8, 4) is 0 Å².